The average Bonchev–Trinajstić information content (AvgIpc) is 2.41. The molecule has 0 fully saturated rings. The highest BCUT2D eigenvalue weighted by Crippen LogP contribution is 2.29. The van der Waals surface area contributed by atoms with Gasteiger partial charge in [0.05, 0.1) is 5.41 Å². The molecular weight excluding hydrogens is 216 g/mol. The fourth-order valence-corrected chi connectivity index (χ4v) is 1.88. The van der Waals surface area contributed by atoms with Crippen molar-refractivity contribution in [2.24, 2.45) is 0 Å². The van der Waals surface area contributed by atoms with Gasteiger partial charge < -0.3 is 9.47 Å². The Morgan fingerprint density at radius 1 is 1.06 bits per heavy atom. The third kappa shape index (κ3) is 3.65. The number of carbonyl (C=O) groups excluding carboxylic acids is 1. The molecule has 0 saturated heterocycles. The van der Waals surface area contributed by atoms with Gasteiger partial charge in [-0.2, -0.15) is 0 Å². The van der Waals surface area contributed by atoms with Crippen molar-refractivity contribution < 1.29 is 14.3 Å². The summed E-state index contributed by atoms with van der Waals surface area (Å²) < 4.78 is 10.2. The summed E-state index contributed by atoms with van der Waals surface area (Å²) in [5.74, 6) is 0. The van der Waals surface area contributed by atoms with E-state index in [1.165, 1.54) is 0 Å². The summed E-state index contributed by atoms with van der Waals surface area (Å²) in [7, 11) is 3.27. The van der Waals surface area contributed by atoms with Crippen molar-refractivity contribution in [1.82, 2.24) is 0 Å². The number of methoxy groups -OCH3 is 2. The van der Waals surface area contributed by atoms with Crippen LogP contribution >= 0.6 is 0 Å². The van der Waals surface area contributed by atoms with Crippen LogP contribution < -0.4 is 0 Å². The number of rotatable bonds is 8. The smallest absolute Gasteiger partial charge is 0.210 e. The van der Waals surface area contributed by atoms with E-state index in [1.54, 1.807) is 14.2 Å². The van der Waals surface area contributed by atoms with Gasteiger partial charge in [-0.05, 0) is 18.4 Å². The zero-order chi connectivity index (χ0) is 12.6. The monoisotopic (exact) mass is 235 g/mol. The first-order chi connectivity index (χ1) is 8.29. The van der Waals surface area contributed by atoms with E-state index in [0.29, 0.717) is 26.1 Å². The van der Waals surface area contributed by atoms with Gasteiger partial charge in [-0.3, -0.25) is 4.79 Å². The first-order valence-corrected chi connectivity index (χ1v) is 5.72. The molecule has 3 nitrogen and oxygen atoms in total. The lowest BCUT2D eigenvalue weighted by molar-refractivity contribution is 0.150. The van der Waals surface area contributed by atoms with Crippen LogP contribution in [0.25, 0.3) is 0 Å². The SMILES string of the molecule is COCCC([C]=O)(CCOC)c1ccccc1. The third-order valence-electron chi connectivity index (χ3n) is 2.99. The molecule has 0 N–H and O–H groups in total. The van der Waals surface area contributed by atoms with E-state index in [9.17, 15) is 4.79 Å². The van der Waals surface area contributed by atoms with Crippen LogP contribution in [0.5, 0.6) is 0 Å². The summed E-state index contributed by atoms with van der Waals surface area (Å²) in [6.45, 7) is 1.07. The molecule has 1 aromatic carbocycles. The minimum absolute atomic E-state index is 0.536. The number of hydrogen-bond donors (Lipinski definition) is 0. The van der Waals surface area contributed by atoms with Crippen molar-refractivity contribution in [1.29, 1.82) is 0 Å². The maximum atomic E-state index is 11.4. The van der Waals surface area contributed by atoms with E-state index in [1.807, 2.05) is 30.3 Å². The number of ether oxygens (including phenoxy) is 2. The highest BCUT2D eigenvalue weighted by molar-refractivity contribution is 5.69. The lowest BCUT2D eigenvalue weighted by Gasteiger charge is -2.27. The molecule has 0 unspecified atom stereocenters. The van der Waals surface area contributed by atoms with E-state index in [-0.39, 0.29) is 0 Å². The molecule has 0 aliphatic heterocycles. The molecule has 0 atom stereocenters. The average molecular weight is 235 g/mol. The Bertz CT molecular complexity index is 313. The predicted molar refractivity (Wildman–Crippen MR) is 66.8 cm³/mol. The Balaban J connectivity index is 2.93. The molecule has 1 radical (unpaired) electrons. The zero-order valence-corrected chi connectivity index (χ0v) is 10.4. The Labute approximate surface area is 103 Å². The molecule has 1 aromatic rings. The molecule has 17 heavy (non-hydrogen) atoms. The van der Waals surface area contributed by atoms with Crippen molar-refractivity contribution in [2.75, 3.05) is 27.4 Å². The lowest BCUT2D eigenvalue weighted by Crippen LogP contribution is -2.31. The van der Waals surface area contributed by atoms with Gasteiger partial charge in [0, 0.05) is 27.4 Å². The van der Waals surface area contributed by atoms with Gasteiger partial charge in [0.15, 0.2) is 0 Å². The second kappa shape index (κ2) is 7.20. The molecule has 0 heterocycles. The molecule has 1 rings (SSSR count). The van der Waals surface area contributed by atoms with Crippen molar-refractivity contribution in [3.05, 3.63) is 35.9 Å². The normalized spacial score (nSPS) is 11.4. The maximum absolute atomic E-state index is 11.4. The molecule has 0 saturated carbocycles. The molecular formula is C14H19O3. The minimum Gasteiger partial charge on any atom is -0.385 e. The highest BCUT2D eigenvalue weighted by Gasteiger charge is 2.32. The topological polar surface area (TPSA) is 35.5 Å². The van der Waals surface area contributed by atoms with E-state index in [2.05, 4.69) is 6.29 Å². The highest BCUT2D eigenvalue weighted by atomic mass is 16.5. The van der Waals surface area contributed by atoms with Crippen LogP contribution in [0.1, 0.15) is 18.4 Å². The Morgan fingerprint density at radius 2 is 1.59 bits per heavy atom. The van der Waals surface area contributed by atoms with E-state index in [0.717, 1.165) is 5.56 Å². The molecule has 0 bridgehead atoms. The Kier molecular flexibility index (Phi) is 5.87. The first-order valence-electron chi connectivity index (χ1n) is 5.72. The Morgan fingerprint density at radius 3 is 2.00 bits per heavy atom. The summed E-state index contributed by atoms with van der Waals surface area (Å²) in [5, 5.41) is 0. The number of hydrogen-bond acceptors (Lipinski definition) is 3. The van der Waals surface area contributed by atoms with Crippen LogP contribution in [0.4, 0.5) is 0 Å². The van der Waals surface area contributed by atoms with Crippen molar-refractivity contribution in [3.63, 3.8) is 0 Å². The summed E-state index contributed by atoms with van der Waals surface area (Å²) in [6.07, 6.45) is 3.44. The van der Waals surface area contributed by atoms with Crippen molar-refractivity contribution in [2.45, 2.75) is 18.3 Å². The fraction of sp³-hybridized carbons (Fsp3) is 0.500. The van der Waals surface area contributed by atoms with Gasteiger partial charge in [-0.15, -0.1) is 0 Å². The molecule has 93 valence electrons. The van der Waals surface area contributed by atoms with Crippen LogP contribution in [0.2, 0.25) is 0 Å². The third-order valence-corrected chi connectivity index (χ3v) is 2.99. The van der Waals surface area contributed by atoms with Gasteiger partial charge in [-0.25, -0.2) is 0 Å². The standard InChI is InChI=1S/C14H19O3/c1-16-10-8-14(12-15,9-11-17-2)13-6-4-3-5-7-13/h3-7H,8-11H2,1-2H3. The second-order valence-corrected chi connectivity index (χ2v) is 4.04. The van der Waals surface area contributed by atoms with Crippen LogP contribution in [0.15, 0.2) is 30.3 Å². The van der Waals surface area contributed by atoms with E-state index < -0.39 is 5.41 Å². The van der Waals surface area contributed by atoms with Crippen molar-refractivity contribution in [3.8, 4) is 0 Å². The van der Waals surface area contributed by atoms with Gasteiger partial charge in [0.25, 0.3) is 0 Å². The molecule has 0 amide bonds. The lowest BCUT2D eigenvalue weighted by atomic mass is 9.76. The van der Waals surface area contributed by atoms with Crippen LogP contribution in [0, 0.1) is 0 Å². The van der Waals surface area contributed by atoms with Crippen LogP contribution in [-0.4, -0.2) is 33.7 Å². The summed E-state index contributed by atoms with van der Waals surface area (Å²) >= 11 is 0. The maximum Gasteiger partial charge on any atom is 0.210 e. The second-order valence-electron chi connectivity index (χ2n) is 4.04. The minimum atomic E-state index is -0.618. The fourth-order valence-electron chi connectivity index (χ4n) is 1.88. The molecule has 0 spiro atoms. The van der Waals surface area contributed by atoms with Gasteiger partial charge in [0.2, 0.25) is 6.29 Å². The van der Waals surface area contributed by atoms with E-state index in [4.69, 9.17) is 9.47 Å². The number of benzene rings is 1. The van der Waals surface area contributed by atoms with Crippen LogP contribution in [-0.2, 0) is 19.7 Å². The van der Waals surface area contributed by atoms with E-state index >= 15 is 0 Å². The summed E-state index contributed by atoms with van der Waals surface area (Å²) in [5.41, 5.74) is 0.358. The van der Waals surface area contributed by atoms with Gasteiger partial charge >= 0.3 is 0 Å². The Hall–Kier alpha value is -1.19. The zero-order valence-electron chi connectivity index (χ0n) is 10.4. The summed E-state index contributed by atoms with van der Waals surface area (Å²) in [4.78, 5) is 11.4. The van der Waals surface area contributed by atoms with Gasteiger partial charge in [0.1, 0.15) is 0 Å². The first kappa shape index (κ1) is 13.9. The summed E-state index contributed by atoms with van der Waals surface area (Å²) in [6, 6.07) is 9.71. The quantitative estimate of drug-likeness (QED) is 0.692. The van der Waals surface area contributed by atoms with Crippen LogP contribution in [0.3, 0.4) is 0 Å². The molecule has 0 aliphatic carbocycles. The molecule has 3 heteroatoms. The van der Waals surface area contributed by atoms with Crippen molar-refractivity contribution >= 4 is 6.29 Å². The predicted octanol–water partition coefficient (Wildman–Crippen LogP) is 2.11. The van der Waals surface area contributed by atoms with Gasteiger partial charge in [-0.1, -0.05) is 30.3 Å². The largest absolute Gasteiger partial charge is 0.385 e. The molecule has 0 aromatic heterocycles. The molecule has 0 aliphatic rings.